The standard InChI is InChI=1S/C19H24ClNO4/c1-12-15(18(23)24)10-21(9-13(22)11-25-19(2,3)4)17(12)14-7-5-6-8-16(14)20/h5-8,10,13,22H,9,11H2,1-4H3,(H,23,24). The summed E-state index contributed by atoms with van der Waals surface area (Å²) in [6.07, 6.45) is 0.769. The first-order chi connectivity index (χ1) is 11.6. The van der Waals surface area contributed by atoms with Crippen LogP contribution in [0.15, 0.2) is 30.5 Å². The Balaban J connectivity index is 2.39. The zero-order valence-corrected chi connectivity index (χ0v) is 15.7. The molecule has 0 amide bonds. The minimum atomic E-state index is -1.01. The highest BCUT2D eigenvalue weighted by atomic mass is 35.5. The molecule has 1 heterocycles. The lowest BCUT2D eigenvalue weighted by molar-refractivity contribution is -0.0523. The van der Waals surface area contributed by atoms with Crippen LogP contribution < -0.4 is 0 Å². The lowest BCUT2D eigenvalue weighted by Gasteiger charge is -2.23. The molecule has 2 aromatic rings. The highest BCUT2D eigenvalue weighted by molar-refractivity contribution is 6.33. The molecule has 0 fully saturated rings. The lowest BCUT2D eigenvalue weighted by Crippen LogP contribution is -2.29. The third kappa shape index (κ3) is 4.84. The van der Waals surface area contributed by atoms with Gasteiger partial charge in [0, 0.05) is 16.8 Å². The highest BCUT2D eigenvalue weighted by Crippen LogP contribution is 2.33. The highest BCUT2D eigenvalue weighted by Gasteiger charge is 2.22. The fourth-order valence-electron chi connectivity index (χ4n) is 2.66. The normalized spacial score (nSPS) is 13.0. The summed E-state index contributed by atoms with van der Waals surface area (Å²) in [5.74, 6) is -1.01. The lowest BCUT2D eigenvalue weighted by atomic mass is 10.1. The molecule has 0 saturated heterocycles. The number of halogens is 1. The molecule has 2 rings (SSSR count). The smallest absolute Gasteiger partial charge is 0.337 e. The second-order valence-corrected chi connectivity index (χ2v) is 7.44. The number of carbonyl (C=O) groups is 1. The number of hydrogen-bond donors (Lipinski definition) is 2. The topological polar surface area (TPSA) is 71.7 Å². The van der Waals surface area contributed by atoms with Crippen molar-refractivity contribution < 1.29 is 19.7 Å². The Labute approximate surface area is 152 Å². The third-order valence-electron chi connectivity index (χ3n) is 3.81. The molecule has 5 nitrogen and oxygen atoms in total. The van der Waals surface area contributed by atoms with Gasteiger partial charge in [-0.05, 0) is 39.3 Å². The van der Waals surface area contributed by atoms with E-state index in [1.165, 1.54) is 6.20 Å². The Morgan fingerprint density at radius 1 is 1.32 bits per heavy atom. The summed E-state index contributed by atoms with van der Waals surface area (Å²) >= 11 is 6.30. The van der Waals surface area contributed by atoms with Crippen molar-refractivity contribution in [1.82, 2.24) is 4.57 Å². The molecule has 0 aliphatic rings. The summed E-state index contributed by atoms with van der Waals surface area (Å²) in [5.41, 5.74) is 1.88. The van der Waals surface area contributed by atoms with Crippen LogP contribution in [-0.2, 0) is 11.3 Å². The van der Waals surface area contributed by atoms with E-state index in [9.17, 15) is 15.0 Å². The molecule has 25 heavy (non-hydrogen) atoms. The summed E-state index contributed by atoms with van der Waals surface area (Å²) < 4.78 is 7.34. The van der Waals surface area contributed by atoms with E-state index in [-0.39, 0.29) is 24.3 Å². The number of aliphatic hydroxyl groups is 1. The van der Waals surface area contributed by atoms with E-state index in [4.69, 9.17) is 16.3 Å². The van der Waals surface area contributed by atoms with Gasteiger partial charge in [0.1, 0.15) is 0 Å². The minimum Gasteiger partial charge on any atom is -0.478 e. The van der Waals surface area contributed by atoms with Crippen molar-refractivity contribution in [3.05, 3.63) is 46.6 Å². The fourth-order valence-corrected chi connectivity index (χ4v) is 2.88. The number of ether oxygens (including phenoxy) is 1. The van der Waals surface area contributed by atoms with E-state index in [0.717, 1.165) is 5.56 Å². The van der Waals surface area contributed by atoms with Crippen molar-refractivity contribution in [3.8, 4) is 11.3 Å². The molecular weight excluding hydrogens is 342 g/mol. The minimum absolute atomic E-state index is 0.158. The molecule has 1 aromatic heterocycles. The monoisotopic (exact) mass is 365 g/mol. The average Bonchev–Trinajstić information content (AvgIpc) is 2.82. The Morgan fingerprint density at radius 3 is 2.52 bits per heavy atom. The molecule has 0 bridgehead atoms. The van der Waals surface area contributed by atoms with Crippen LogP contribution in [0.3, 0.4) is 0 Å². The number of aliphatic hydroxyl groups excluding tert-OH is 1. The largest absolute Gasteiger partial charge is 0.478 e. The summed E-state index contributed by atoms with van der Waals surface area (Å²) in [6.45, 7) is 7.86. The van der Waals surface area contributed by atoms with E-state index in [1.54, 1.807) is 17.6 Å². The second kappa shape index (κ2) is 7.60. The van der Waals surface area contributed by atoms with Crippen LogP contribution in [0.1, 0.15) is 36.7 Å². The number of nitrogens with zero attached hydrogens (tertiary/aromatic N) is 1. The van der Waals surface area contributed by atoms with Gasteiger partial charge in [-0.3, -0.25) is 0 Å². The van der Waals surface area contributed by atoms with Gasteiger partial charge in [-0.15, -0.1) is 0 Å². The van der Waals surface area contributed by atoms with Gasteiger partial charge in [0.15, 0.2) is 0 Å². The predicted octanol–water partition coefficient (Wildman–Crippen LogP) is 3.99. The van der Waals surface area contributed by atoms with E-state index in [1.807, 2.05) is 39.0 Å². The number of carboxylic acids is 1. The molecule has 1 aromatic carbocycles. The third-order valence-corrected chi connectivity index (χ3v) is 4.14. The molecule has 1 atom stereocenters. The summed E-state index contributed by atoms with van der Waals surface area (Å²) in [7, 11) is 0. The molecule has 0 spiro atoms. The summed E-state index contributed by atoms with van der Waals surface area (Å²) in [5, 5.41) is 20.3. The number of rotatable bonds is 6. The van der Waals surface area contributed by atoms with Crippen LogP contribution in [0.5, 0.6) is 0 Å². The second-order valence-electron chi connectivity index (χ2n) is 7.03. The van der Waals surface area contributed by atoms with Gasteiger partial charge in [-0.25, -0.2) is 4.79 Å². The fraction of sp³-hybridized carbons (Fsp3) is 0.421. The molecule has 0 saturated carbocycles. The Bertz CT molecular complexity index is 761. The van der Waals surface area contributed by atoms with Gasteiger partial charge in [0.2, 0.25) is 0 Å². The van der Waals surface area contributed by atoms with Crippen molar-refractivity contribution in [2.45, 2.75) is 45.9 Å². The number of aromatic carboxylic acids is 1. The molecular formula is C19H24ClNO4. The maximum Gasteiger partial charge on any atom is 0.337 e. The Kier molecular flexibility index (Phi) is 5.93. The van der Waals surface area contributed by atoms with Gasteiger partial charge < -0.3 is 19.5 Å². The van der Waals surface area contributed by atoms with Crippen molar-refractivity contribution in [2.24, 2.45) is 0 Å². The zero-order chi connectivity index (χ0) is 18.8. The number of benzene rings is 1. The van der Waals surface area contributed by atoms with Crippen molar-refractivity contribution in [1.29, 1.82) is 0 Å². The van der Waals surface area contributed by atoms with Crippen LogP contribution in [0, 0.1) is 6.92 Å². The zero-order valence-electron chi connectivity index (χ0n) is 14.9. The SMILES string of the molecule is Cc1c(C(=O)O)cn(CC(O)COC(C)(C)C)c1-c1ccccc1Cl. The molecule has 2 N–H and O–H groups in total. The van der Waals surface area contributed by atoms with E-state index >= 15 is 0 Å². The van der Waals surface area contributed by atoms with Crippen molar-refractivity contribution in [3.63, 3.8) is 0 Å². The van der Waals surface area contributed by atoms with Gasteiger partial charge in [0.05, 0.1) is 36.1 Å². The molecule has 136 valence electrons. The van der Waals surface area contributed by atoms with E-state index in [0.29, 0.717) is 16.3 Å². The Morgan fingerprint density at radius 2 is 1.96 bits per heavy atom. The maximum atomic E-state index is 11.5. The average molecular weight is 366 g/mol. The first kappa shape index (κ1) is 19.5. The molecule has 6 heteroatoms. The van der Waals surface area contributed by atoms with Crippen LogP contribution >= 0.6 is 11.6 Å². The van der Waals surface area contributed by atoms with Crippen molar-refractivity contribution >= 4 is 17.6 Å². The Hall–Kier alpha value is -1.82. The molecule has 0 radical (unpaired) electrons. The summed E-state index contributed by atoms with van der Waals surface area (Å²) in [4.78, 5) is 11.5. The van der Waals surface area contributed by atoms with E-state index in [2.05, 4.69) is 0 Å². The molecule has 1 unspecified atom stereocenters. The molecule has 0 aliphatic carbocycles. The van der Waals surface area contributed by atoms with Crippen LogP contribution in [-0.4, -0.2) is 39.1 Å². The first-order valence-corrected chi connectivity index (χ1v) is 8.48. The van der Waals surface area contributed by atoms with Gasteiger partial charge in [-0.1, -0.05) is 29.8 Å². The first-order valence-electron chi connectivity index (χ1n) is 8.10. The van der Waals surface area contributed by atoms with E-state index < -0.39 is 12.1 Å². The van der Waals surface area contributed by atoms with Crippen molar-refractivity contribution in [2.75, 3.05) is 6.61 Å². The van der Waals surface area contributed by atoms with Crippen LogP contribution in [0.2, 0.25) is 5.02 Å². The number of carboxylic acid groups (broad SMARTS) is 1. The van der Waals surface area contributed by atoms with Gasteiger partial charge in [-0.2, -0.15) is 0 Å². The maximum absolute atomic E-state index is 11.5. The number of hydrogen-bond acceptors (Lipinski definition) is 3. The summed E-state index contributed by atoms with van der Waals surface area (Å²) in [6, 6.07) is 7.26. The van der Waals surface area contributed by atoms with Gasteiger partial charge >= 0.3 is 5.97 Å². The predicted molar refractivity (Wildman–Crippen MR) is 98.3 cm³/mol. The van der Waals surface area contributed by atoms with Crippen LogP contribution in [0.25, 0.3) is 11.3 Å². The number of aromatic nitrogens is 1. The quantitative estimate of drug-likeness (QED) is 0.811. The van der Waals surface area contributed by atoms with Crippen LogP contribution in [0.4, 0.5) is 0 Å². The van der Waals surface area contributed by atoms with Gasteiger partial charge in [0.25, 0.3) is 0 Å². The molecule has 0 aliphatic heterocycles.